The highest BCUT2D eigenvalue weighted by Crippen LogP contribution is 2.18. The molecule has 0 radical (unpaired) electrons. The maximum atomic E-state index is 12.6. The van der Waals surface area contributed by atoms with Gasteiger partial charge in [-0.1, -0.05) is 6.07 Å². The Morgan fingerprint density at radius 3 is 2.61 bits per heavy atom. The van der Waals surface area contributed by atoms with Crippen LogP contribution in [0.2, 0.25) is 0 Å². The van der Waals surface area contributed by atoms with Crippen molar-refractivity contribution < 1.29 is 9.59 Å². The van der Waals surface area contributed by atoms with Crippen molar-refractivity contribution in [1.82, 2.24) is 20.2 Å². The number of aryl methyl sites for hydroxylation is 1. The SMILES string of the molecule is CC(=O)c1cc(C(=O)NCc2cccnc2N2CCN(C)CC2)c(=O)[nH]c1C. The number of rotatable bonds is 5. The topological polar surface area (TPSA) is 98.4 Å². The van der Waals surface area contributed by atoms with Crippen molar-refractivity contribution in [2.45, 2.75) is 20.4 Å². The van der Waals surface area contributed by atoms with Gasteiger partial charge in [-0.2, -0.15) is 0 Å². The number of nitrogens with one attached hydrogen (secondary N) is 2. The molecule has 3 rings (SSSR count). The van der Waals surface area contributed by atoms with E-state index in [1.165, 1.54) is 13.0 Å². The summed E-state index contributed by atoms with van der Waals surface area (Å²) in [5, 5.41) is 2.78. The number of likely N-dealkylation sites (N-methyl/N-ethyl adjacent to an activating group) is 1. The Bertz CT molecular complexity index is 945. The first-order valence-electron chi connectivity index (χ1n) is 9.27. The highest BCUT2D eigenvalue weighted by atomic mass is 16.2. The number of ketones is 1. The van der Waals surface area contributed by atoms with Crippen LogP contribution in [0, 0.1) is 6.92 Å². The molecule has 1 amide bonds. The van der Waals surface area contributed by atoms with E-state index in [0.717, 1.165) is 37.6 Å². The number of hydrogen-bond acceptors (Lipinski definition) is 6. The van der Waals surface area contributed by atoms with Gasteiger partial charge in [0.15, 0.2) is 5.78 Å². The molecule has 2 N–H and O–H groups in total. The van der Waals surface area contributed by atoms with Crippen LogP contribution in [0.4, 0.5) is 5.82 Å². The molecule has 1 aliphatic heterocycles. The van der Waals surface area contributed by atoms with E-state index in [1.807, 2.05) is 12.1 Å². The molecule has 0 atom stereocenters. The molecule has 1 saturated heterocycles. The molecule has 148 valence electrons. The van der Waals surface area contributed by atoms with E-state index in [4.69, 9.17) is 0 Å². The smallest absolute Gasteiger partial charge is 0.261 e. The maximum Gasteiger partial charge on any atom is 0.261 e. The fourth-order valence-electron chi connectivity index (χ4n) is 3.30. The predicted octanol–water partition coefficient (Wildman–Crippen LogP) is 0.963. The molecule has 2 aromatic heterocycles. The minimum atomic E-state index is -0.517. The molecule has 0 aliphatic carbocycles. The second kappa shape index (κ2) is 8.35. The Labute approximate surface area is 163 Å². The molecule has 0 aromatic carbocycles. The predicted molar refractivity (Wildman–Crippen MR) is 107 cm³/mol. The number of hydrogen-bond donors (Lipinski definition) is 2. The van der Waals surface area contributed by atoms with Gasteiger partial charge in [0.25, 0.3) is 11.5 Å². The van der Waals surface area contributed by atoms with Gasteiger partial charge in [-0.25, -0.2) is 4.98 Å². The monoisotopic (exact) mass is 383 g/mol. The zero-order valence-electron chi connectivity index (χ0n) is 16.4. The first-order valence-corrected chi connectivity index (χ1v) is 9.27. The summed E-state index contributed by atoms with van der Waals surface area (Å²) in [7, 11) is 2.09. The average molecular weight is 383 g/mol. The lowest BCUT2D eigenvalue weighted by Crippen LogP contribution is -2.45. The van der Waals surface area contributed by atoms with Gasteiger partial charge in [-0.05, 0) is 33.0 Å². The molecule has 1 fully saturated rings. The summed E-state index contributed by atoms with van der Waals surface area (Å²) in [5.41, 5.74) is 1.10. The number of piperazine rings is 1. The summed E-state index contributed by atoms with van der Waals surface area (Å²) < 4.78 is 0. The van der Waals surface area contributed by atoms with Crippen LogP contribution in [0.15, 0.2) is 29.2 Å². The van der Waals surface area contributed by atoms with Crippen molar-refractivity contribution in [1.29, 1.82) is 0 Å². The molecular weight excluding hydrogens is 358 g/mol. The minimum Gasteiger partial charge on any atom is -0.354 e. The third-order valence-corrected chi connectivity index (χ3v) is 4.97. The molecule has 1 aliphatic rings. The first kappa shape index (κ1) is 19.8. The zero-order valence-corrected chi connectivity index (χ0v) is 16.4. The van der Waals surface area contributed by atoms with Gasteiger partial charge >= 0.3 is 0 Å². The Balaban J connectivity index is 1.76. The van der Waals surface area contributed by atoms with Crippen molar-refractivity contribution in [2.75, 3.05) is 38.1 Å². The minimum absolute atomic E-state index is 0.0687. The number of aromatic amines is 1. The van der Waals surface area contributed by atoms with Crippen molar-refractivity contribution in [3.63, 3.8) is 0 Å². The van der Waals surface area contributed by atoms with Crippen LogP contribution in [0.3, 0.4) is 0 Å². The van der Waals surface area contributed by atoms with Crippen LogP contribution >= 0.6 is 0 Å². The highest BCUT2D eigenvalue weighted by Gasteiger charge is 2.19. The highest BCUT2D eigenvalue weighted by molar-refractivity contribution is 5.99. The summed E-state index contributed by atoms with van der Waals surface area (Å²) in [4.78, 5) is 48.0. The average Bonchev–Trinajstić information content (AvgIpc) is 2.67. The van der Waals surface area contributed by atoms with Gasteiger partial charge in [-0.15, -0.1) is 0 Å². The van der Waals surface area contributed by atoms with Crippen LogP contribution < -0.4 is 15.8 Å². The van der Waals surface area contributed by atoms with Crippen LogP contribution in [0.1, 0.15) is 38.9 Å². The molecule has 3 heterocycles. The summed E-state index contributed by atoms with van der Waals surface area (Å²) >= 11 is 0. The number of carbonyl (C=O) groups excluding carboxylic acids is 2. The van der Waals surface area contributed by atoms with Gasteiger partial charge in [0.05, 0.1) is 0 Å². The number of pyridine rings is 2. The van der Waals surface area contributed by atoms with Gasteiger partial charge < -0.3 is 20.1 Å². The number of nitrogens with zero attached hydrogens (tertiary/aromatic N) is 3. The van der Waals surface area contributed by atoms with Gasteiger partial charge in [0, 0.05) is 55.7 Å². The summed E-state index contributed by atoms with van der Waals surface area (Å²) in [6.07, 6.45) is 1.74. The Hall–Kier alpha value is -3.00. The lowest BCUT2D eigenvalue weighted by atomic mass is 10.1. The van der Waals surface area contributed by atoms with E-state index >= 15 is 0 Å². The van der Waals surface area contributed by atoms with Gasteiger partial charge in [-0.3, -0.25) is 14.4 Å². The largest absolute Gasteiger partial charge is 0.354 e. The maximum absolute atomic E-state index is 12.6. The van der Waals surface area contributed by atoms with E-state index in [9.17, 15) is 14.4 Å². The molecule has 0 spiro atoms. The number of aromatic nitrogens is 2. The first-order chi connectivity index (χ1) is 13.4. The molecular formula is C20H25N5O3. The number of Topliss-reactive ketones (excluding diaryl/α,β-unsaturated/α-hetero) is 1. The third kappa shape index (κ3) is 4.28. The zero-order chi connectivity index (χ0) is 20.3. The molecule has 0 saturated carbocycles. The molecule has 0 unspecified atom stereocenters. The summed E-state index contributed by atoms with van der Waals surface area (Å²) in [5.74, 6) is 0.127. The second-order valence-electron chi connectivity index (χ2n) is 7.07. The third-order valence-electron chi connectivity index (χ3n) is 4.97. The van der Waals surface area contributed by atoms with Crippen LogP contribution in [-0.4, -0.2) is 59.8 Å². The lowest BCUT2D eigenvalue weighted by molar-refractivity contribution is 0.0949. The fourth-order valence-corrected chi connectivity index (χ4v) is 3.30. The molecule has 0 bridgehead atoms. The van der Waals surface area contributed by atoms with Crippen LogP contribution in [-0.2, 0) is 6.54 Å². The van der Waals surface area contributed by atoms with E-state index < -0.39 is 11.5 Å². The van der Waals surface area contributed by atoms with Gasteiger partial charge in [0.1, 0.15) is 11.4 Å². The van der Waals surface area contributed by atoms with Crippen molar-refractivity contribution in [3.05, 3.63) is 57.1 Å². The molecule has 28 heavy (non-hydrogen) atoms. The van der Waals surface area contributed by atoms with Crippen molar-refractivity contribution in [3.8, 4) is 0 Å². The second-order valence-corrected chi connectivity index (χ2v) is 7.07. The van der Waals surface area contributed by atoms with Crippen LogP contribution in [0.25, 0.3) is 0 Å². The molecule has 8 heteroatoms. The van der Waals surface area contributed by atoms with E-state index in [-0.39, 0.29) is 17.9 Å². The van der Waals surface area contributed by atoms with Gasteiger partial charge in [0.2, 0.25) is 0 Å². The van der Waals surface area contributed by atoms with Crippen molar-refractivity contribution >= 4 is 17.5 Å². The number of anilines is 1. The standard InChI is InChI=1S/C20H25N5O3/c1-13-16(14(2)26)11-17(20(28)23-13)19(27)22-12-15-5-4-6-21-18(15)25-9-7-24(3)8-10-25/h4-6,11H,7-10,12H2,1-3H3,(H,22,27)(H,23,28). The fraction of sp³-hybridized carbons (Fsp3) is 0.400. The molecule has 2 aromatic rings. The normalized spacial score (nSPS) is 14.8. The van der Waals surface area contributed by atoms with E-state index in [1.54, 1.807) is 13.1 Å². The summed E-state index contributed by atoms with van der Waals surface area (Å²) in [6, 6.07) is 5.10. The lowest BCUT2D eigenvalue weighted by Gasteiger charge is -2.34. The number of carbonyl (C=O) groups is 2. The Morgan fingerprint density at radius 2 is 1.93 bits per heavy atom. The van der Waals surface area contributed by atoms with Crippen LogP contribution in [0.5, 0.6) is 0 Å². The number of amides is 1. The quantitative estimate of drug-likeness (QED) is 0.747. The van der Waals surface area contributed by atoms with E-state index in [0.29, 0.717) is 11.3 Å². The number of H-pyrrole nitrogens is 1. The Morgan fingerprint density at radius 1 is 1.21 bits per heavy atom. The van der Waals surface area contributed by atoms with E-state index in [2.05, 4.69) is 32.1 Å². The summed E-state index contributed by atoms with van der Waals surface area (Å²) in [6.45, 7) is 6.93. The Kier molecular flexibility index (Phi) is 5.89. The molecule has 8 nitrogen and oxygen atoms in total. The van der Waals surface area contributed by atoms with Crippen molar-refractivity contribution in [2.24, 2.45) is 0 Å².